The molecule has 2 aromatic rings. The first-order chi connectivity index (χ1) is 19.7. The van der Waals surface area contributed by atoms with Crippen LogP contribution in [0.5, 0.6) is 11.8 Å². The molecule has 1 saturated carbocycles. The van der Waals surface area contributed by atoms with E-state index in [2.05, 4.69) is 21.8 Å². The molecule has 3 fully saturated rings. The van der Waals surface area contributed by atoms with E-state index < -0.39 is 17.5 Å². The first-order valence-corrected chi connectivity index (χ1v) is 14.7. The summed E-state index contributed by atoms with van der Waals surface area (Å²) in [5, 5.41) is 0. The van der Waals surface area contributed by atoms with Crippen LogP contribution in [0.25, 0.3) is 11.3 Å². The van der Waals surface area contributed by atoms with E-state index in [0.29, 0.717) is 49.9 Å². The molecule has 3 aliphatic rings. The van der Waals surface area contributed by atoms with Gasteiger partial charge in [-0.3, -0.25) is 4.79 Å². The van der Waals surface area contributed by atoms with E-state index in [9.17, 15) is 18.0 Å². The van der Waals surface area contributed by atoms with Gasteiger partial charge in [0.25, 0.3) is 0 Å². The summed E-state index contributed by atoms with van der Waals surface area (Å²) >= 11 is 0. The standard InChI is InChI=1S/C30H40F3N5O3/c1-4-21-19-37(28(39)29(30(31,32)33)13-6-7-14-29)17-18-38(21)25-11-10-24(23-9-8-15-34-26(23)40-5-2)35-27(25)41-22-12-16-36(3)20-22/h8-11,15,21-22H,4-7,12-14,16-20H2,1-3H3/t21-,22-/m1/s1. The molecule has 1 aliphatic carbocycles. The zero-order chi connectivity index (χ0) is 29.2. The number of likely N-dealkylation sites (N-methyl/N-ethyl adjacent to an activating group) is 1. The van der Waals surface area contributed by atoms with Crippen molar-refractivity contribution in [2.24, 2.45) is 5.41 Å². The number of halogens is 3. The Labute approximate surface area is 239 Å². The molecule has 5 rings (SSSR count). The van der Waals surface area contributed by atoms with Crippen LogP contribution in [0, 0.1) is 5.41 Å². The quantitative estimate of drug-likeness (QED) is 0.430. The van der Waals surface area contributed by atoms with Gasteiger partial charge < -0.3 is 24.2 Å². The van der Waals surface area contributed by atoms with Crippen LogP contribution in [-0.4, -0.2) is 90.4 Å². The highest BCUT2D eigenvalue weighted by atomic mass is 19.4. The summed E-state index contributed by atoms with van der Waals surface area (Å²) in [5.41, 5.74) is -0.0374. The molecular formula is C30H40F3N5O3. The Kier molecular flexibility index (Phi) is 8.63. The third-order valence-electron chi connectivity index (χ3n) is 8.75. The Morgan fingerprint density at radius 2 is 1.85 bits per heavy atom. The molecule has 1 amide bonds. The van der Waals surface area contributed by atoms with Gasteiger partial charge in [0, 0.05) is 45.0 Å². The first kappa shape index (κ1) is 29.4. The lowest BCUT2D eigenvalue weighted by molar-refractivity contribution is -0.226. The van der Waals surface area contributed by atoms with Crippen LogP contribution in [-0.2, 0) is 4.79 Å². The number of hydrogen-bond acceptors (Lipinski definition) is 7. The van der Waals surface area contributed by atoms with Crippen LogP contribution >= 0.6 is 0 Å². The number of hydrogen-bond donors (Lipinski definition) is 0. The largest absolute Gasteiger partial charge is 0.477 e. The van der Waals surface area contributed by atoms with Crippen molar-refractivity contribution >= 4 is 11.6 Å². The highest BCUT2D eigenvalue weighted by molar-refractivity contribution is 5.84. The average molecular weight is 576 g/mol. The van der Waals surface area contributed by atoms with Crippen LogP contribution in [0.2, 0.25) is 0 Å². The van der Waals surface area contributed by atoms with Gasteiger partial charge in [0.1, 0.15) is 17.2 Å². The van der Waals surface area contributed by atoms with Gasteiger partial charge in [-0.25, -0.2) is 9.97 Å². The maximum atomic E-state index is 14.2. The molecule has 0 N–H and O–H groups in total. The second kappa shape index (κ2) is 12.0. The number of nitrogens with zero attached hydrogens (tertiary/aromatic N) is 5. The van der Waals surface area contributed by atoms with E-state index in [1.54, 1.807) is 6.20 Å². The van der Waals surface area contributed by atoms with Gasteiger partial charge >= 0.3 is 6.18 Å². The Morgan fingerprint density at radius 1 is 1.07 bits per heavy atom. The van der Waals surface area contributed by atoms with Crippen molar-refractivity contribution in [3.05, 3.63) is 30.5 Å². The minimum Gasteiger partial charge on any atom is -0.477 e. The van der Waals surface area contributed by atoms with Gasteiger partial charge in [0.2, 0.25) is 17.7 Å². The maximum Gasteiger partial charge on any atom is 0.403 e. The van der Waals surface area contributed by atoms with E-state index in [1.165, 1.54) is 4.90 Å². The van der Waals surface area contributed by atoms with Crippen molar-refractivity contribution in [3.8, 4) is 23.0 Å². The molecule has 0 radical (unpaired) electrons. The van der Waals surface area contributed by atoms with E-state index in [1.807, 2.05) is 38.1 Å². The number of amides is 1. The number of pyridine rings is 2. The molecule has 4 heterocycles. The SMILES string of the molecule is CCOc1ncccc1-c1ccc(N2CCN(C(=O)C3(C(F)(F)F)CCCC3)C[C@H]2CC)c(O[C@@H]2CCN(C)C2)n1. The molecule has 0 bridgehead atoms. The van der Waals surface area contributed by atoms with Crippen molar-refractivity contribution in [2.45, 2.75) is 70.7 Å². The fraction of sp³-hybridized carbons (Fsp3) is 0.633. The number of likely N-dealkylation sites (tertiary alicyclic amines) is 1. The highest BCUT2D eigenvalue weighted by Gasteiger charge is 2.62. The summed E-state index contributed by atoms with van der Waals surface area (Å²) in [6.45, 7) is 6.93. The smallest absolute Gasteiger partial charge is 0.403 e. The summed E-state index contributed by atoms with van der Waals surface area (Å²) in [5.74, 6) is 0.209. The van der Waals surface area contributed by atoms with E-state index >= 15 is 0 Å². The van der Waals surface area contributed by atoms with Gasteiger partial charge in [0.15, 0.2) is 0 Å². The molecule has 8 nitrogen and oxygen atoms in total. The fourth-order valence-corrected chi connectivity index (χ4v) is 6.48. The third kappa shape index (κ3) is 5.82. The first-order valence-electron chi connectivity index (χ1n) is 14.7. The summed E-state index contributed by atoms with van der Waals surface area (Å²) in [6.07, 6.45) is -0.743. The van der Waals surface area contributed by atoms with Gasteiger partial charge in [-0.15, -0.1) is 0 Å². The van der Waals surface area contributed by atoms with Gasteiger partial charge in [-0.2, -0.15) is 13.2 Å². The van der Waals surface area contributed by atoms with E-state index in [-0.39, 0.29) is 38.1 Å². The lowest BCUT2D eigenvalue weighted by Gasteiger charge is -2.45. The third-order valence-corrected chi connectivity index (χ3v) is 8.75. The zero-order valence-corrected chi connectivity index (χ0v) is 24.1. The minimum absolute atomic E-state index is 0.0290. The summed E-state index contributed by atoms with van der Waals surface area (Å²) in [4.78, 5) is 28.5. The van der Waals surface area contributed by atoms with Gasteiger partial charge in [-0.1, -0.05) is 19.8 Å². The predicted molar refractivity (Wildman–Crippen MR) is 150 cm³/mol. The van der Waals surface area contributed by atoms with Gasteiger partial charge in [-0.05, 0) is 63.9 Å². The number of carbonyl (C=O) groups is 1. The number of carbonyl (C=O) groups excluding carboxylic acids is 1. The summed E-state index contributed by atoms with van der Waals surface area (Å²) < 4.78 is 54.8. The van der Waals surface area contributed by atoms with Crippen LogP contribution < -0.4 is 14.4 Å². The molecule has 41 heavy (non-hydrogen) atoms. The zero-order valence-electron chi connectivity index (χ0n) is 24.1. The lowest BCUT2D eigenvalue weighted by atomic mass is 9.83. The van der Waals surface area contributed by atoms with Crippen molar-refractivity contribution in [3.63, 3.8) is 0 Å². The molecule has 0 spiro atoms. The Balaban J connectivity index is 1.44. The summed E-state index contributed by atoms with van der Waals surface area (Å²) in [6, 6.07) is 7.45. The molecule has 11 heteroatoms. The molecule has 2 aromatic heterocycles. The molecule has 224 valence electrons. The number of rotatable bonds is 8. The Morgan fingerprint density at radius 3 is 2.51 bits per heavy atom. The van der Waals surface area contributed by atoms with Gasteiger partial charge in [0.05, 0.1) is 17.9 Å². The molecule has 0 unspecified atom stereocenters. The second-order valence-corrected chi connectivity index (χ2v) is 11.4. The van der Waals surface area contributed by atoms with Crippen LogP contribution in [0.3, 0.4) is 0 Å². The van der Waals surface area contributed by atoms with E-state index in [0.717, 1.165) is 30.8 Å². The molecule has 0 aromatic carbocycles. The van der Waals surface area contributed by atoms with E-state index in [4.69, 9.17) is 14.5 Å². The monoisotopic (exact) mass is 575 g/mol. The molecular weight excluding hydrogens is 535 g/mol. The van der Waals surface area contributed by atoms with Crippen molar-refractivity contribution in [1.82, 2.24) is 19.8 Å². The molecule has 2 aliphatic heterocycles. The molecule has 2 atom stereocenters. The highest BCUT2D eigenvalue weighted by Crippen LogP contribution is 2.52. The lowest BCUT2D eigenvalue weighted by Crippen LogP contribution is -2.59. The number of aromatic nitrogens is 2. The number of piperazine rings is 1. The Hall–Kier alpha value is -3.08. The number of anilines is 1. The summed E-state index contributed by atoms with van der Waals surface area (Å²) in [7, 11) is 2.06. The van der Waals surface area contributed by atoms with Crippen molar-refractivity contribution in [1.29, 1.82) is 0 Å². The predicted octanol–water partition coefficient (Wildman–Crippen LogP) is 5.18. The fourth-order valence-electron chi connectivity index (χ4n) is 6.48. The Bertz CT molecular complexity index is 1220. The second-order valence-electron chi connectivity index (χ2n) is 11.4. The molecule has 2 saturated heterocycles. The average Bonchev–Trinajstić information content (AvgIpc) is 3.63. The minimum atomic E-state index is -4.54. The van der Waals surface area contributed by atoms with Crippen LogP contribution in [0.15, 0.2) is 30.5 Å². The maximum absolute atomic E-state index is 14.2. The topological polar surface area (TPSA) is 71.0 Å². The van der Waals surface area contributed by atoms with Crippen LogP contribution in [0.1, 0.15) is 52.4 Å². The van der Waals surface area contributed by atoms with Crippen molar-refractivity contribution in [2.75, 3.05) is 51.3 Å². The number of ether oxygens (including phenoxy) is 2. The normalized spacial score (nSPS) is 23.2. The number of alkyl halides is 3. The van der Waals surface area contributed by atoms with Crippen LogP contribution in [0.4, 0.5) is 18.9 Å². The van der Waals surface area contributed by atoms with Crippen molar-refractivity contribution < 1.29 is 27.4 Å².